The van der Waals surface area contributed by atoms with Crippen molar-refractivity contribution in [2.24, 2.45) is 0 Å². The molecule has 0 fully saturated rings. The van der Waals surface area contributed by atoms with Crippen LogP contribution in [-0.4, -0.2) is 45.4 Å². The number of rotatable bonds is 3. The zero-order valence-corrected chi connectivity index (χ0v) is 10.2. The summed E-state index contributed by atoms with van der Waals surface area (Å²) in [5.41, 5.74) is 0. The summed E-state index contributed by atoms with van der Waals surface area (Å²) in [7, 11) is 2.88. The predicted molar refractivity (Wildman–Crippen MR) is 44.8 cm³/mol. The van der Waals surface area contributed by atoms with E-state index in [1.165, 1.54) is 0 Å². The third-order valence-corrected chi connectivity index (χ3v) is 3.34. The van der Waals surface area contributed by atoms with Crippen molar-refractivity contribution >= 4 is 19.3 Å². The van der Waals surface area contributed by atoms with E-state index in [-0.39, 0.29) is 0 Å². The average molecular weight is 184 g/mol. The summed E-state index contributed by atoms with van der Waals surface area (Å²) < 4.78 is 14.8. The summed E-state index contributed by atoms with van der Waals surface area (Å²) in [6, 6.07) is 0. The molecule has 0 radical (unpaired) electrons. The highest BCUT2D eigenvalue weighted by Gasteiger charge is 2.29. The second-order valence-corrected chi connectivity index (χ2v) is 4.42. The second kappa shape index (κ2) is 7.38. The normalized spacial score (nSPS) is 10.5. The van der Waals surface area contributed by atoms with Gasteiger partial charge in [0.25, 0.3) is 0 Å². The van der Waals surface area contributed by atoms with Crippen LogP contribution in [-0.2, 0) is 13.3 Å². The molecule has 0 aliphatic rings. The first-order chi connectivity index (χ1) is 4.68. The molecular formula is C4H16O4Si2. The molecule has 0 saturated heterocycles. The zero-order valence-electron chi connectivity index (χ0n) is 7.17. The van der Waals surface area contributed by atoms with E-state index < -0.39 is 8.80 Å². The molecule has 0 amide bonds. The van der Waals surface area contributed by atoms with Crippen molar-refractivity contribution in [2.45, 2.75) is 6.55 Å². The molecule has 0 atom stereocenters. The molecule has 0 rings (SSSR count). The predicted octanol–water partition coefficient (Wildman–Crippen LogP) is -1.25. The van der Waals surface area contributed by atoms with Gasteiger partial charge in [-0.05, 0) is 0 Å². The Morgan fingerprint density at radius 2 is 1.20 bits per heavy atom. The van der Waals surface area contributed by atoms with E-state index in [1.807, 2.05) is 6.55 Å². The minimum Gasteiger partial charge on any atom is -0.442 e. The highest BCUT2D eigenvalue weighted by molar-refractivity contribution is 6.58. The van der Waals surface area contributed by atoms with Gasteiger partial charge in [-0.15, -0.1) is 0 Å². The quantitative estimate of drug-likeness (QED) is 0.557. The van der Waals surface area contributed by atoms with Crippen LogP contribution in [0, 0.1) is 0 Å². The van der Waals surface area contributed by atoms with Gasteiger partial charge in [-0.25, -0.2) is 0 Å². The molecule has 0 aromatic rings. The Bertz CT molecular complexity index is 58.0. The van der Waals surface area contributed by atoms with Gasteiger partial charge in [-0.2, -0.15) is 0 Å². The van der Waals surface area contributed by atoms with Crippen LogP contribution >= 0.6 is 0 Å². The molecule has 4 nitrogen and oxygen atoms in total. The minimum absolute atomic E-state index is 0.306. The molecule has 0 aromatic carbocycles. The lowest BCUT2D eigenvalue weighted by Crippen LogP contribution is -2.38. The lowest BCUT2D eigenvalue weighted by atomic mass is 11.8. The number of hydrogen-bond donors (Lipinski definition) is 1. The minimum atomic E-state index is -2.17. The molecule has 6 heteroatoms. The third kappa shape index (κ3) is 5.09. The molecule has 0 aliphatic heterocycles. The molecule has 1 N–H and O–H groups in total. The maximum atomic E-state index is 7.14. The van der Waals surface area contributed by atoms with Crippen molar-refractivity contribution in [2.75, 3.05) is 21.3 Å². The first-order valence-electron chi connectivity index (χ1n) is 2.78. The van der Waals surface area contributed by atoms with E-state index in [0.29, 0.717) is 10.5 Å². The van der Waals surface area contributed by atoms with Gasteiger partial charge in [-0.1, -0.05) is 0 Å². The Morgan fingerprint density at radius 3 is 1.20 bits per heavy atom. The smallest absolute Gasteiger partial charge is 0.442 e. The van der Waals surface area contributed by atoms with Crippen LogP contribution in [0.2, 0.25) is 6.55 Å². The van der Waals surface area contributed by atoms with Crippen molar-refractivity contribution < 1.29 is 18.1 Å². The fourth-order valence-electron chi connectivity index (χ4n) is 0.250. The Balaban J connectivity index is 0. The van der Waals surface area contributed by atoms with Crippen molar-refractivity contribution in [1.29, 1.82) is 0 Å². The third-order valence-electron chi connectivity index (χ3n) is 1.11. The van der Waals surface area contributed by atoms with Crippen LogP contribution in [0.4, 0.5) is 0 Å². The summed E-state index contributed by atoms with van der Waals surface area (Å²) in [5.74, 6) is 0. The summed E-state index contributed by atoms with van der Waals surface area (Å²) in [4.78, 5) is 7.14. The Hall–Kier alpha value is 0.274. The van der Waals surface area contributed by atoms with E-state index in [1.54, 1.807) is 21.3 Å². The highest BCUT2D eigenvalue weighted by atomic mass is 28.4. The van der Waals surface area contributed by atoms with Crippen LogP contribution in [0.5, 0.6) is 0 Å². The standard InChI is InChI=1S/C4H12O3Si.H4OSi/c1-5-8(4,6-2)7-3;1-2/h1-4H3;1H,2H3. The van der Waals surface area contributed by atoms with Gasteiger partial charge in [-0.3, -0.25) is 0 Å². The van der Waals surface area contributed by atoms with Crippen LogP contribution in [0.1, 0.15) is 0 Å². The summed E-state index contributed by atoms with van der Waals surface area (Å²) >= 11 is 0. The van der Waals surface area contributed by atoms with Gasteiger partial charge >= 0.3 is 8.80 Å². The van der Waals surface area contributed by atoms with Crippen LogP contribution < -0.4 is 0 Å². The number of hydrogen-bond acceptors (Lipinski definition) is 4. The molecule has 0 heterocycles. The first kappa shape index (κ1) is 12.9. The van der Waals surface area contributed by atoms with Gasteiger partial charge in [0.1, 0.15) is 10.5 Å². The molecule has 0 aliphatic carbocycles. The summed E-state index contributed by atoms with van der Waals surface area (Å²) in [5, 5.41) is 0. The van der Waals surface area contributed by atoms with E-state index in [0.717, 1.165) is 0 Å². The zero-order chi connectivity index (χ0) is 8.62. The molecule has 0 bridgehead atoms. The van der Waals surface area contributed by atoms with Crippen molar-refractivity contribution in [3.05, 3.63) is 0 Å². The van der Waals surface area contributed by atoms with Gasteiger partial charge in [0.2, 0.25) is 0 Å². The van der Waals surface area contributed by atoms with E-state index >= 15 is 0 Å². The van der Waals surface area contributed by atoms with E-state index in [4.69, 9.17) is 18.1 Å². The van der Waals surface area contributed by atoms with Crippen molar-refractivity contribution in [3.63, 3.8) is 0 Å². The Labute approximate surface area is 66.0 Å². The van der Waals surface area contributed by atoms with Crippen molar-refractivity contribution in [3.8, 4) is 0 Å². The fraction of sp³-hybridized carbons (Fsp3) is 1.00. The highest BCUT2D eigenvalue weighted by Crippen LogP contribution is 2.02. The maximum Gasteiger partial charge on any atom is 0.496 e. The van der Waals surface area contributed by atoms with Gasteiger partial charge in [0, 0.05) is 27.9 Å². The molecule has 0 saturated carbocycles. The van der Waals surface area contributed by atoms with Crippen LogP contribution in [0.15, 0.2) is 0 Å². The molecule has 0 unspecified atom stereocenters. The van der Waals surface area contributed by atoms with Gasteiger partial charge in [0.05, 0.1) is 0 Å². The first-order valence-corrected chi connectivity index (χ1v) is 5.90. The largest absolute Gasteiger partial charge is 0.496 e. The summed E-state index contributed by atoms with van der Waals surface area (Å²) in [6.45, 7) is 1.83. The Kier molecular flexibility index (Phi) is 9.53. The van der Waals surface area contributed by atoms with E-state index in [9.17, 15) is 0 Å². The molecule has 0 spiro atoms. The monoisotopic (exact) mass is 184 g/mol. The van der Waals surface area contributed by atoms with Gasteiger partial charge < -0.3 is 18.1 Å². The maximum absolute atomic E-state index is 7.14. The average Bonchev–Trinajstić information content (AvgIpc) is 2.07. The molecule has 0 aromatic heterocycles. The van der Waals surface area contributed by atoms with Crippen molar-refractivity contribution in [1.82, 2.24) is 0 Å². The van der Waals surface area contributed by atoms with E-state index in [2.05, 4.69) is 0 Å². The molecule has 64 valence electrons. The van der Waals surface area contributed by atoms with Crippen LogP contribution in [0.3, 0.4) is 0 Å². The SMILES string of the molecule is CO[Si](C)(OC)OC.O[SiH3]. The van der Waals surface area contributed by atoms with Crippen LogP contribution in [0.25, 0.3) is 0 Å². The lowest BCUT2D eigenvalue weighted by molar-refractivity contribution is 0.132. The molecule has 10 heavy (non-hydrogen) atoms. The topological polar surface area (TPSA) is 47.9 Å². The molecular weight excluding hydrogens is 168 g/mol. The lowest BCUT2D eigenvalue weighted by Gasteiger charge is -2.18. The van der Waals surface area contributed by atoms with Gasteiger partial charge in [0.15, 0.2) is 0 Å². The summed E-state index contributed by atoms with van der Waals surface area (Å²) in [6.07, 6.45) is 0. The Morgan fingerprint density at radius 1 is 1.00 bits per heavy atom. The second-order valence-electron chi connectivity index (χ2n) is 1.47. The fourth-order valence-corrected chi connectivity index (χ4v) is 0.750.